The molecule has 6 nitrogen and oxygen atoms in total. The van der Waals surface area contributed by atoms with Crippen LogP contribution in [-0.4, -0.2) is 24.7 Å². The first-order chi connectivity index (χ1) is 9.18. The first kappa shape index (κ1) is 11.7. The third kappa shape index (κ3) is 1.84. The van der Waals surface area contributed by atoms with E-state index in [4.69, 9.17) is 18.1 Å². The van der Waals surface area contributed by atoms with Crippen LogP contribution in [0.4, 0.5) is 0 Å². The Kier molecular flexibility index (Phi) is 2.68. The third-order valence-electron chi connectivity index (χ3n) is 2.96. The number of para-hydroxylation sites is 1. The Bertz CT molecular complexity index is 767. The van der Waals surface area contributed by atoms with Gasteiger partial charge in [-0.1, -0.05) is 18.2 Å². The zero-order valence-corrected chi connectivity index (χ0v) is 11.1. The summed E-state index contributed by atoms with van der Waals surface area (Å²) in [5.74, 6) is 6.41. The molecule has 96 valence electrons. The van der Waals surface area contributed by atoms with E-state index in [2.05, 4.69) is 15.3 Å². The van der Waals surface area contributed by atoms with Gasteiger partial charge in [-0.05, 0) is 31.3 Å². The lowest BCUT2D eigenvalue weighted by Gasteiger charge is -2.04. The number of nitrogen functional groups attached to an aromatic ring is 1. The summed E-state index contributed by atoms with van der Waals surface area (Å²) in [4.78, 5) is 0. The van der Waals surface area contributed by atoms with Gasteiger partial charge < -0.3 is 5.84 Å². The van der Waals surface area contributed by atoms with E-state index in [0.29, 0.717) is 10.6 Å². The predicted molar refractivity (Wildman–Crippen MR) is 74.9 cm³/mol. The minimum atomic E-state index is 0.377. The lowest BCUT2D eigenvalue weighted by atomic mass is 10.2. The second kappa shape index (κ2) is 4.36. The molecule has 19 heavy (non-hydrogen) atoms. The van der Waals surface area contributed by atoms with Crippen molar-refractivity contribution in [2.45, 2.75) is 6.92 Å². The molecule has 3 aromatic rings. The van der Waals surface area contributed by atoms with E-state index in [9.17, 15) is 0 Å². The summed E-state index contributed by atoms with van der Waals surface area (Å²) in [6.07, 6.45) is 1.73. The van der Waals surface area contributed by atoms with Gasteiger partial charge in [-0.2, -0.15) is 10.2 Å². The van der Waals surface area contributed by atoms with Crippen molar-refractivity contribution in [3.63, 3.8) is 0 Å². The lowest BCUT2D eigenvalue weighted by Crippen LogP contribution is -2.10. The van der Waals surface area contributed by atoms with Crippen LogP contribution in [0.3, 0.4) is 0 Å². The van der Waals surface area contributed by atoms with Crippen molar-refractivity contribution in [1.82, 2.24) is 24.7 Å². The fraction of sp³-hybridized carbons (Fsp3) is 0.0833. The fourth-order valence-electron chi connectivity index (χ4n) is 1.95. The van der Waals surface area contributed by atoms with Crippen LogP contribution in [0.25, 0.3) is 17.1 Å². The molecule has 0 aliphatic heterocycles. The molecule has 2 heterocycles. The highest BCUT2D eigenvalue weighted by Gasteiger charge is 2.14. The summed E-state index contributed by atoms with van der Waals surface area (Å²) >= 11 is 5.01. The van der Waals surface area contributed by atoms with Crippen LogP contribution >= 0.6 is 12.2 Å². The molecule has 0 radical (unpaired) electrons. The molecule has 0 aliphatic rings. The summed E-state index contributed by atoms with van der Waals surface area (Å²) in [5.41, 5.74) is 2.79. The van der Waals surface area contributed by atoms with Gasteiger partial charge in [-0.15, -0.1) is 0 Å². The zero-order chi connectivity index (χ0) is 13.4. The van der Waals surface area contributed by atoms with Crippen molar-refractivity contribution in [2.75, 3.05) is 5.84 Å². The molecule has 0 saturated carbocycles. The zero-order valence-electron chi connectivity index (χ0n) is 10.2. The molecular weight excluding hydrogens is 260 g/mol. The number of hydrogen-bond acceptors (Lipinski definition) is 4. The number of benzene rings is 1. The van der Waals surface area contributed by atoms with Crippen molar-refractivity contribution in [3.05, 3.63) is 47.0 Å². The first-order valence-corrected chi connectivity index (χ1v) is 6.12. The maximum atomic E-state index is 5.83. The minimum absolute atomic E-state index is 0.377. The quantitative estimate of drug-likeness (QED) is 0.551. The molecule has 1 aromatic carbocycles. The molecule has 3 N–H and O–H groups in total. The molecule has 0 bridgehead atoms. The van der Waals surface area contributed by atoms with E-state index in [1.807, 2.05) is 41.9 Å². The van der Waals surface area contributed by atoms with Gasteiger partial charge >= 0.3 is 0 Å². The molecule has 7 heteroatoms. The van der Waals surface area contributed by atoms with Crippen LogP contribution in [0.5, 0.6) is 0 Å². The van der Waals surface area contributed by atoms with E-state index >= 15 is 0 Å². The van der Waals surface area contributed by atoms with E-state index < -0.39 is 0 Å². The normalized spacial score (nSPS) is 10.8. The molecule has 0 unspecified atom stereocenters. The first-order valence-electron chi connectivity index (χ1n) is 5.71. The Labute approximate surface area is 114 Å². The number of nitrogens with zero attached hydrogens (tertiary/aromatic N) is 4. The summed E-state index contributed by atoms with van der Waals surface area (Å²) in [5, 5.41) is 11.2. The van der Waals surface area contributed by atoms with Gasteiger partial charge in [0.15, 0.2) is 5.82 Å². The summed E-state index contributed by atoms with van der Waals surface area (Å²) in [6.45, 7) is 1.97. The molecule has 0 saturated heterocycles. The van der Waals surface area contributed by atoms with E-state index in [0.717, 1.165) is 16.9 Å². The Hall–Kier alpha value is -2.41. The van der Waals surface area contributed by atoms with Gasteiger partial charge in [0.05, 0.1) is 23.1 Å². The summed E-state index contributed by atoms with van der Waals surface area (Å²) < 4.78 is 3.56. The molecule has 3 rings (SSSR count). The van der Waals surface area contributed by atoms with Gasteiger partial charge in [0.2, 0.25) is 4.77 Å². The van der Waals surface area contributed by atoms with Gasteiger partial charge in [0, 0.05) is 0 Å². The second-order valence-corrected chi connectivity index (χ2v) is 4.50. The lowest BCUT2D eigenvalue weighted by molar-refractivity contribution is 0.847. The number of H-pyrrole nitrogens is 1. The molecule has 2 aromatic heterocycles. The summed E-state index contributed by atoms with van der Waals surface area (Å²) in [7, 11) is 0. The minimum Gasteiger partial charge on any atom is -0.335 e. The number of nitrogens with one attached hydrogen (secondary N) is 1. The monoisotopic (exact) mass is 272 g/mol. The van der Waals surface area contributed by atoms with Crippen molar-refractivity contribution in [1.29, 1.82) is 0 Å². The highest BCUT2D eigenvalue weighted by molar-refractivity contribution is 7.71. The van der Waals surface area contributed by atoms with E-state index in [1.54, 1.807) is 6.20 Å². The average molecular weight is 272 g/mol. The van der Waals surface area contributed by atoms with Crippen LogP contribution in [0.2, 0.25) is 0 Å². The smallest absolute Gasteiger partial charge is 0.214 e. The van der Waals surface area contributed by atoms with Crippen molar-refractivity contribution < 1.29 is 0 Å². The number of nitrogens with two attached hydrogens (primary N) is 1. The summed E-state index contributed by atoms with van der Waals surface area (Å²) in [6, 6.07) is 9.88. The standard InChI is InChI=1S/C12H12N6S/c1-8-10(11-15-16-12(19)17(11)13)7-14-18(8)9-5-3-2-4-6-9/h2-7H,13H2,1H3,(H,16,19). The topological polar surface area (TPSA) is 77.4 Å². The average Bonchev–Trinajstić information content (AvgIpc) is 2.96. The number of hydrogen-bond donors (Lipinski definition) is 2. The number of aromatic amines is 1. The largest absolute Gasteiger partial charge is 0.335 e. The molecule has 0 aliphatic carbocycles. The van der Waals surface area contributed by atoms with E-state index in [1.165, 1.54) is 4.68 Å². The molecule has 0 atom stereocenters. The van der Waals surface area contributed by atoms with Gasteiger partial charge in [0.1, 0.15) is 0 Å². The van der Waals surface area contributed by atoms with Crippen LogP contribution < -0.4 is 5.84 Å². The highest BCUT2D eigenvalue weighted by atomic mass is 32.1. The Balaban J connectivity index is 2.14. The molecule has 0 spiro atoms. The molecule has 0 amide bonds. The molecule has 0 fully saturated rings. The van der Waals surface area contributed by atoms with Gasteiger partial charge in [0.25, 0.3) is 0 Å². The predicted octanol–water partition coefficient (Wildman–Crippen LogP) is 1.82. The van der Waals surface area contributed by atoms with Crippen LogP contribution in [0.1, 0.15) is 5.69 Å². The third-order valence-corrected chi connectivity index (χ3v) is 3.24. The van der Waals surface area contributed by atoms with Crippen LogP contribution in [0, 0.1) is 11.7 Å². The van der Waals surface area contributed by atoms with E-state index in [-0.39, 0.29) is 0 Å². The fourth-order valence-corrected chi connectivity index (χ4v) is 2.09. The van der Waals surface area contributed by atoms with Crippen LogP contribution in [-0.2, 0) is 0 Å². The maximum Gasteiger partial charge on any atom is 0.214 e. The highest BCUT2D eigenvalue weighted by Crippen LogP contribution is 2.22. The van der Waals surface area contributed by atoms with Crippen LogP contribution in [0.15, 0.2) is 36.5 Å². The van der Waals surface area contributed by atoms with Crippen molar-refractivity contribution >= 4 is 12.2 Å². The van der Waals surface area contributed by atoms with Gasteiger partial charge in [-0.25, -0.2) is 14.5 Å². The Morgan fingerprint density at radius 2 is 2.00 bits per heavy atom. The molecular formula is C12H12N6S. The SMILES string of the molecule is Cc1c(-c2n[nH]c(=S)n2N)cnn1-c1ccccc1. The van der Waals surface area contributed by atoms with Crippen molar-refractivity contribution in [2.24, 2.45) is 0 Å². The number of aromatic nitrogens is 5. The maximum absolute atomic E-state index is 5.83. The van der Waals surface area contributed by atoms with Crippen molar-refractivity contribution in [3.8, 4) is 17.1 Å². The van der Waals surface area contributed by atoms with Gasteiger partial charge in [-0.3, -0.25) is 0 Å². The Morgan fingerprint density at radius 1 is 1.26 bits per heavy atom. The number of rotatable bonds is 2. The second-order valence-electron chi connectivity index (χ2n) is 4.11. The Morgan fingerprint density at radius 3 is 2.63 bits per heavy atom.